The summed E-state index contributed by atoms with van der Waals surface area (Å²) in [5.74, 6) is 0. The van der Waals surface area contributed by atoms with Gasteiger partial charge in [-0.2, -0.15) is 0 Å². The monoisotopic (exact) mass is 206 g/mol. The smallest absolute Gasteiger partial charge is 0.0234 e. The molecule has 86 valence electrons. The third-order valence-electron chi connectivity index (χ3n) is 1.79. The molecule has 0 atom stereocenters. The molecule has 0 radical (unpaired) electrons. The molecule has 0 aliphatic heterocycles. The fourth-order valence-corrected chi connectivity index (χ4v) is 1.10. The molecule has 0 aromatic carbocycles. The Bertz CT molecular complexity index is 226. The van der Waals surface area contributed by atoms with Crippen molar-refractivity contribution in [3.63, 3.8) is 0 Å². The predicted octanol–water partition coefficient (Wildman–Crippen LogP) is 5.45. The lowest BCUT2D eigenvalue weighted by molar-refractivity contribution is 0.973. The molecule has 0 unspecified atom stereocenters. The Hall–Kier alpha value is -1.04. The Balaban J connectivity index is 0. The van der Waals surface area contributed by atoms with Gasteiger partial charge in [0.1, 0.15) is 0 Å². The average Bonchev–Trinajstić information content (AvgIpc) is 2.33. The second kappa shape index (κ2) is 13.0. The van der Waals surface area contributed by atoms with E-state index in [0.29, 0.717) is 0 Å². The SMILES string of the molecule is C=C1CCC=C/C1=C/C=C\C.CC.CC. The molecule has 0 saturated carbocycles. The lowest BCUT2D eigenvalue weighted by Gasteiger charge is -2.09. The Labute approximate surface area is 96.1 Å². The Morgan fingerprint density at radius 2 is 1.80 bits per heavy atom. The molecular formula is C15H26. The van der Waals surface area contributed by atoms with E-state index in [2.05, 4.69) is 30.9 Å². The summed E-state index contributed by atoms with van der Waals surface area (Å²) >= 11 is 0. The molecule has 1 aliphatic rings. The Kier molecular flexibility index (Phi) is 14.2. The summed E-state index contributed by atoms with van der Waals surface area (Å²) in [6.45, 7) is 14.0. The molecule has 0 heteroatoms. The van der Waals surface area contributed by atoms with Crippen LogP contribution in [0.15, 0.2) is 48.1 Å². The van der Waals surface area contributed by atoms with Crippen LogP contribution in [-0.2, 0) is 0 Å². The molecular weight excluding hydrogens is 180 g/mol. The molecule has 0 heterocycles. The number of hydrogen-bond acceptors (Lipinski definition) is 0. The van der Waals surface area contributed by atoms with Crippen molar-refractivity contribution in [2.75, 3.05) is 0 Å². The molecule has 0 saturated heterocycles. The zero-order valence-electron chi connectivity index (χ0n) is 11.0. The van der Waals surface area contributed by atoms with Crippen LogP contribution < -0.4 is 0 Å². The van der Waals surface area contributed by atoms with Gasteiger partial charge < -0.3 is 0 Å². The van der Waals surface area contributed by atoms with Crippen LogP contribution in [0.3, 0.4) is 0 Å². The molecule has 0 bridgehead atoms. The molecule has 15 heavy (non-hydrogen) atoms. The van der Waals surface area contributed by atoms with Gasteiger partial charge in [0.15, 0.2) is 0 Å². The van der Waals surface area contributed by atoms with Gasteiger partial charge >= 0.3 is 0 Å². The second-order valence-electron chi connectivity index (χ2n) is 2.69. The van der Waals surface area contributed by atoms with Crippen molar-refractivity contribution in [2.45, 2.75) is 47.5 Å². The minimum atomic E-state index is 1.11. The van der Waals surface area contributed by atoms with Gasteiger partial charge in [-0.05, 0) is 30.9 Å². The van der Waals surface area contributed by atoms with Crippen molar-refractivity contribution in [1.29, 1.82) is 0 Å². The quantitative estimate of drug-likeness (QED) is 0.535. The highest BCUT2D eigenvalue weighted by Crippen LogP contribution is 2.20. The van der Waals surface area contributed by atoms with Crippen LogP contribution >= 0.6 is 0 Å². The summed E-state index contributed by atoms with van der Waals surface area (Å²) in [7, 11) is 0. The van der Waals surface area contributed by atoms with Gasteiger partial charge in [0, 0.05) is 0 Å². The summed E-state index contributed by atoms with van der Waals surface area (Å²) in [5.41, 5.74) is 2.53. The third-order valence-corrected chi connectivity index (χ3v) is 1.79. The van der Waals surface area contributed by atoms with Gasteiger partial charge in [-0.25, -0.2) is 0 Å². The minimum Gasteiger partial charge on any atom is -0.0952 e. The van der Waals surface area contributed by atoms with Crippen molar-refractivity contribution in [3.8, 4) is 0 Å². The first-order valence-corrected chi connectivity index (χ1v) is 6.02. The summed E-state index contributed by atoms with van der Waals surface area (Å²) in [4.78, 5) is 0. The topological polar surface area (TPSA) is 0 Å². The van der Waals surface area contributed by atoms with E-state index in [9.17, 15) is 0 Å². The van der Waals surface area contributed by atoms with Gasteiger partial charge in [-0.15, -0.1) is 0 Å². The summed E-state index contributed by atoms with van der Waals surface area (Å²) in [6, 6.07) is 0. The predicted molar refractivity (Wildman–Crippen MR) is 73.1 cm³/mol. The van der Waals surface area contributed by atoms with Crippen molar-refractivity contribution in [1.82, 2.24) is 0 Å². The van der Waals surface area contributed by atoms with E-state index < -0.39 is 0 Å². The molecule has 1 rings (SSSR count). The maximum absolute atomic E-state index is 4.00. The maximum atomic E-state index is 4.00. The molecule has 0 nitrogen and oxygen atoms in total. The van der Waals surface area contributed by atoms with Crippen molar-refractivity contribution >= 4 is 0 Å². The number of allylic oxidation sites excluding steroid dienone is 7. The van der Waals surface area contributed by atoms with E-state index in [4.69, 9.17) is 0 Å². The maximum Gasteiger partial charge on any atom is -0.0234 e. The van der Waals surface area contributed by atoms with Crippen LogP contribution in [0.1, 0.15) is 47.5 Å². The first kappa shape index (κ1) is 16.4. The highest BCUT2D eigenvalue weighted by atomic mass is 14.1. The van der Waals surface area contributed by atoms with Gasteiger partial charge in [-0.1, -0.05) is 64.7 Å². The fourth-order valence-electron chi connectivity index (χ4n) is 1.10. The third kappa shape index (κ3) is 7.99. The lowest BCUT2D eigenvalue weighted by atomic mass is 9.97. The van der Waals surface area contributed by atoms with E-state index in [-0.39, 0.29) is 0 Å². The second-order valence-corrected chi connectivity index (χ2v) is 2.69. The first-order chi connectivity index (χ1) is 7.34. The molecule has 0 fully saturated rings. The highest BCUT2D eigenvalue weighted by Gasteiger charge is 2.01. The molecule has 0 aromatic rings. The first-order valence-electron chi connectivity index (χ1n) is 6.02. The average molecular weight is 206 g/mol. The highest BCUT2D eigenvalue weighted by molar-refractivity contribution is 5.42. The summed E-state index contributed by atoms with van der Waals surface area (Å²) in [6.07, 6.45) is 12.8. The van der Waals surface area contributed by atoms with Gasteiger partial charge in [0.05, 0.1) is 0 Å². The summed E-state index contributed by atoms with van der Waals surface area (Å²) in [5, 5.41) is 0. The van der Waals surface area contributed by atoms with E-state index in [0.717, 1.165) is 12.8 Å². The number of rotatable bonds is 1. The molecule has 1 aliphatic carbocycles. The largest absolute Gasteiger partial charge is 0.0952 e. The van der Waals surface area contributed by atoms with Crippen LogP contribution in [0, 0.1) is 0 Å². The van der Waals surface area contributed by atoms with Crippen molar-refractivity contribution in [2.24, 2.45) is 0 Å². The normalized spacial score (nSPS) is 16.9. The molecule has 0 aromatic heterocycles. The standard InChI is InChI=1S/C11H14.2C2H6/c1-3-4-8-11-9-6-5-7-10(11)2;2*1-2/h3-4,6,8-9H,2,5,7H2,1H3;2*1-2H3/b4-3-,11-8-;;. The van der Waals surface area contributed by atoms with Crippen molar-refractivity contribution < 1.29 is 0 Å². The zero-order chi connectivity index (χ0) is 12.1. The van der Waals surface area contributed by atoms with Gasteiger partial charge in [0.25, 0.3) is 0 Å². The van der Waals surface area contributed by atoms with Crippen LogP contribution in [0.5, 0.6) is 0 Å². The minimum absolute atomic E-state index is 1.11. The number of hydrogen-bond donors (Lipinski definition) is 0. The van der Waals surface area contributed by atoms with E-state index in [1.54, 1.807) is 0 Å². The molecule has 0 amide bonds. The van der Waals surface area contributed by atoms with Crippen LogP contribution in [0.4, 0.5) is 0 Å². The summed E-state index contributed by atoms with van der Waals surface area (Å²) < 4.78 is 0. The van der Waals surface area contributed by atoms with Crippen LogP contribution in [0.2, 0.25) is 0 Å². The lowest BCUT2D eigenvalue weighted by Crippen LogP contribution is -1.89. The Morgan fingerprint density at radius 3 is 2.27 bits per heavy atom. The van der Waals surface area contributed by atoms with Crippen LogP contribution in [0.25, 0.3) is 0 Å². The van der Waals surface area contributed by atoms with E-state index in [1.165, 1.54) is 11.1 Å². The zero-order valence-corrected chi connectivity index (χ0v) is 11.0. The van der Waals surface area contributed by atoms with Crippen LogP contribution in [-0.4, -0.2) is 0 Å². The fraction of sp³-hybridized carbons (Fsp3) is 0.467. The Morgan fingerprint density at radius 1 is 1.20 bits per heavy atom. The van der Waals surface area contributed by atoms with Crippen molar-refractivity contribution in [3.05, 3.63) is 48.1 Å². The van der Waals surface area contributed by atoms with Gasteiger partial charge in [0.2, 0.25) is 0 Å². The van der Waals surface area contributed by atoms with E-state index in [1.807, 2.05) is 40.7 Å². The van der Waals surface area contributed by atoms with Gasteiger partial charge in [-0.3, -0.25) is 0 Å². The molecule has 0 N–H and O–H groups in total. The van der Waals surface area contributed by atoms with E-state index >= 15 is 0 Å². The molecule has 0 spiro atoms.